The first-order chi connectivity index (χ1) is 13.4. The van der Waals surface area contributed by atoms with Gasteiger partial charge in [0, 0.05) is 16.8 Å². The molecule has 0 bridgehead atoms. The SMILES string of the molecule is CC(C)(C)c1ccc(-c2nc3cc(NC(=O)c4ccccc4)ccc3o2)cc1. The number of rotatable bonds is 3. The molecule has 1 aromatic heterocycles. The number of anilines is 1. The molecular formula is C24H22N2O2. The van der Waals surface area contributed by atoms with Crippen LogP contribution >= 0.6 is 0 Å². The van der Waals surface area contributed by atoms with Gasteiger partial charge in [-0.3, -0.25) is 4.79 Å². The van der Waals surface area contributed by atoms with Gasteiger partial charge < -0.3 is 9.73 Å². The summed E-state index contributed by atoms with van der Waals surface area (Å²) in [5, 5.41) is 2.90. The number of amides is 1. The zero-order valence-corrected chi connectivity index (χ0v) is 16.2. The monoisotopic (exact) mass is 370 g/mol. The van der Waals surface area contributed by atoms with Crippen molar-refractivity contribution in [2.24, 2.45) is 0 Å². The summed E-state index contributed by atoms with van der Waals surface area (Å²) in [6.45, 7) is 6.56. The average Bonchev–Trinajstić information content (AvgIpc) is 3.11. The highest BCUT2D eigenvalue weighted by Gasteiger charge is 2.15. The van der Waals surface area contributed by atoms with Crippen molar-refractivity contribution in [3.63, 3.8) is 0 Å². The van der Waals surface area contributed by atoms with Crippen LogP contribution in [0.5, 0.6) is 0 Å². The van der Waals surface area contributed by atoms with Gasteiger partial charge in [0.25, 0.3) is 5.91 Å². The third-order valence-corrected chi connectivity index (χ3v) is 4.68. The smallest absolute Gasteiger partial charge is 0.255 e. The minimum atomic E-state index is -0.151. The number of nitrogens with zero attached hydrogens (tertiary/aromatic N) is 1. The Labute approximate surface area is 164 Å². The van der Waals surface area contributed by atoms with E-state index in [4.69, 9.17) is 4.42 Å². The number of fused-ring (bicyclic) bond motifs is 1. The fourth-order valence-corrected chi connectivity index (χ4v) is 3.03. The summed E-state index contributed by atoms with van der Waals surface area (Å²) in [6, 6.07) is 22.9. The zero-order valence-electron chi connectivity index (χ0n) is 16.2. The van der Waals surface area contributed by atoms with E-state index >= 15 is 0 Å². The number of carbonyl (C=O) groups excluding carboxylic acids is 1. The molecule has 4 aromatic rings. The van der Waals surface area contributed by atoms with E-state index in [-0.39, 0.29) is 11.3 Å². The van der Waals surface area contributed by atoms with Crippen molar-refractivity contribution < 1.29 is 9.21 Å². The van der Waals surface area contributed by atoms with Crippen LogP contribution in [0.3, 0.4) is 0 Å². The van der Waals surface area contributed by atoms with Gasteiger partial charge in [-0.1, -0.05) is 51.1 Å². The molecule has 0 aliphatic heterocycles. The quantitative estimate of drug-likeness (QED) is 0.478. The molecule has 0 aliphatic rings. The van der Waals surface area contributed by atoms with Crippen LogP contribution in [0.4, 0.5) is 5.69 Å². The molecular weight excluding hydrogens is 348 g/mol. The summed E-state index contributed by atoms with van der Waals surface area (Å²) in [5.41, 5.74) is 4.99. The first-order valence-electron chi connectivity index (χ1n) is 9.28. The predicted molar refractivity (Wildman–Crippen MR) is 113 cm³/mol. The molecule has 0 saturated carbocycles. The van der Waals surface area contributed by atoms with Crippen LogP contribution in [0.2, 0.25) is 0 Å². The lowest BCUT2D eigenvalue weighted by atomic mass is 9.87. The van der Waals surface area contributed by atoms with Gasteiger partial charge in [0.2, 0.25) is 5.89 Å². The van der Waals surface area contributed by atoms with E-state index in [1.165, 1.54) is 5.56 Å². The molecule has 0 spiro atoms. The van der Waals surface area contributed by atoms with Gasteiger partial charge in [0.05, 0.1) is 0 Å². The number of oxazole rings is 1. The molecule has 0 saturated heterocycles. The third-order valence-electron chi connectivity index (χ3n) is 4.68. The Morgan fingerprint density at radius 2 is 1.64 bits per heavy atom. The summed E-state index contributed by atoms with van der Waals surface area (Å²) in [5.74, 6) is 0.420. The standard InChI is InChI=1S/C24H22N2O2/c1-24(2,3)18-11-9-17(10-12-18)23-26-20-15-19(13-14-21(20)28-23)25-22(27)16-7-5-4-6-8-16/h4-15H,1-3H3,(H,25,27). The van der Waals surface area contributed by atoms with Gasteiger partial charge in [-0.05, 0) is 53.4 Å². The van der Waals surface area contributed by atoms with Crippen LogP contribution in [0, 0.1) is 0 Å². The Bertz CT molecular complexity index is 1120. The lowest BCUT2D eigenvalue weighted by Gasteiger charge is -2.18. The number of carbonyl (C=O) groups is 1. The van der Waals surface area contributed by atoms with Crippen molar-refractivity contribution in [2.45, 2.75) is 26.2 Å². The summed E-state index contributed by atoms with van der Waals surface area (Å²) in [7, 11) is 0. The van der Waals surface area contributed by atoms with Gasteiger partial charge >= 0.3 is 0 Å². The van der Waals surface area contributed by atoms with E-state index in [1.807, 2.05) is 48.5 Å². The van der Waals surface area contributed by atoms with Gasteiger partial charge in [-0.25, -0.2) is 4.98 Å². The normalized spacial score (nSPS) is 11.5. The molecule has 0 unspecified atom stereocenters. The van der Waals surface area contributed by atoms with Gasteiger partial charge in [0.1, 0.15) is 5.52 Å². The van der Waals surface area contributed by atoms with Crippen molar-refractivity contribution in [3.05, 3.63) is 83.9 Å². The second-order valence-corrected chi connectivity index (χ2v) is 7.85. The number of hydrogen-bond donors (Lipinski definition) is 1. The van der Waals surface area contributed by atoms with Crippen molar-refractivity contribution in [1.82, 2.24) is 4.98 Å². The molecule has 1 amide bonds. The molecule has 4 heteroatoms. The lowest BCUT2D eigenvalue weighted by Crippen LogP contribution is -2.11. The molecule has 140 valence electrons. The minimum absolute atomic E-state index is 0.103. The average molecular weight is 370 g/mol. The van der Waals surface area contributed by atoms with E-state index < -0.39 is 0 Å². The lowest BCUT2D eigenvalue weighted by molar-refractivity contribution is 0.102. The highest BCUT2D eigenvalue weighted by Crippen LogP contribution is 2.29. The van der Waals surface area contributed by atoms with Crippen LogP contribution in [0.1, 0.15) is 36.7 Å². The molecule has 1 heterocycles. The molecule has 0 radical (unpaired) electrons. The number of benzene rings is 3. The molecule has 1 N–H and O–H groups in total. The molecule has 3 aromatic carbocycles. The summed E-state index contributed by atoms with van der Waals surface area (Å²) in [4.78, 5) is 16.9. The molecule has 4 nitrogen and oxygen atoms in total. The number of hydrogen-bond acceptors (Lipinski definition) is 3. The second-order valence-electron chi connectivity index (χ2n) is 7.85. The summed E-state index contributed by atoms with van der Waals surface area (Å²) >= 11 is 0. The fourth-order valence-electron chi connectivity index (χ4n) is 3.03. The maximum Gasteiger partial charge on any atom is 0.255 e. The molecule has 0 fully saturated rings. The molecule has 4 rings (SSSR count). The first-order valence-corrected chi connectivity index (χ1v) is 9.28. The predicted octanol–water partition coefficient (Wildman–Crippen LogP) is 6.04. The number of nitrogens with one attached hydrogen (secondary N) is 1. The maximum absolute atomic E-state index is 12.3. The Morgan fingerprint density at radius 3 is 2.32 bits per heavy atom. The minimum Gasteiger partial charge on any atom is -0.436 e. The summed E-state index contributed by atoms with van der Waals surface area (Å²) < 4.78 is 5.90. The maximum atomic E-state index is 12.3. The number of aromatic nitrogens is 1. The highest BCUT2D eigenvalue weighted by atomic mass is 16.3. The van der Waals surface area contributed by atoms with Crippen molar-refractivity contribution in [2.75, 3.05) is 5.32 Å². The van der Waals surface area contributed by atoms with Crippen LogP contribution in [-0.2, 0) is 5.41 Å². The van der Waals surface area contributed by atoms with Crippen molar-refractivity contribution in [3.8, 4) is 11.5 Å². The topological polar surface area (TPSA) is 55.1 Å². The van der Waals surface area contributed by atoms with Crippen LogP contribution < -0.4 is 5.32 Å². The van der Waals surface area contributed by atoms with E-state index in [0.29, 0.717) is 28.2 Å². The Hall–Kier alpha value is -3.40. The van der Waals surface area contributed by atoms with Crippen LogP contribution in [-0.4, -0.2) is 10.9 Å². The molecule has 0 atom stereocenters. The van der Waals surface area contributed by atoms with Gasteiger partial charge in [0.15, 0.2) is 5.58 Å². The molecule has 0 aliphatic carbocycles. The van der Waals surface area contributed by atoms with E-state index in [1.54, 1.807) is 12.1 Å². The van der Waals surface area contributed by atoms with E-state index in [9.17, 15) is 4.79 Å². The summed E-state index contributed by atoms with van der Waals surface area (Å²) in [6.07, 6.45) is 0. The zero-order chi connectivity index (χ0) is 19.7. The Morgan fingerprint density at radius 1 is 0.929 bits per heavy atom. The van der Waals surface area contributed by atoms with Crippen LogP contribution in [0.25, 0.3) is 22.6 Å². The van der Waals surface area contributed by atoms with Crippen molar-refractivity contribution >= 4 is 22.7 Å². The van der Waals surface area contributed by atoms with Crippen molar-refractivity contribution in [1.29, 1.82) is 0 Å². The fraction of sp³-hybridized carbons (Fsp3) is 0.167. The van der Waals surface area contributed by atoms with E-state index in [2.05, 4.69) is 43.2 Å². The van der Waals surface area contributed by atoms with Gasteiger partial charge in [-0.2, -0.15) is 0 Å². The van der Waals surface area contributed by atoms with Gasteiger partial charge in [-0.15, -0.1) is 0 Å². The Kier molecular flexibility index (Phi) is 4.47. The van der Waals surface area contributed by atoms with E-state index in [0.717, 1.165) is 5.56 Å². The largest absolute Gasteiger partial charge is 0.436 e. The first kappa shape index (κ1) is 18.0. The Balaban J connectivity index is 1.59. The highest BCUT2D eigenvalue weighted by molar-refractivity contribution is 6.04. The second kappa shape index (κ2) is 6.97. The molecule has 28 heavy (non-hydrogen) atoms. The third kappa shape index (κ3) is 3.67. The van der Waals surface area contributed by atoms with Crippen LogP contribution in [0.15, 0.2) is 77.2 Å².